The molecule has 0 saturated heterocycles. The quantitative estimate of drug-likeness (QED) is 0.402. The Kier molecular flexibility index (Phi) is 4.79. The Balaban J connectivity index is 2.46. The summed E-state index contributed by atoms with van der Waals surface area (Å²) >= 11 is 1.32. The van der Waals surface area contributed by atoms with Gasteiger partial charge in [0.15, 0.2) is 11.4 Å². The monoisotopic (exact) mass is 303 g/mol. The van der Waals surface area contributed by atoms with E-state index in [2.05, 4.69) is 20.5 Å². The lowest BCUT2D eigenvalue weighted by Crippen LogP contribution is -2.12. The maximum absolute atomic E-state index is 8.69. The van der Waals surface area contributed by atoms with Crippen LogP contribution in [-0.2, 0) is 0 Å². The van der Waals surface area contributed by atoms with Gasteiger partial charge >= 0.3 is 0 Å². The molecule has 7 nitrogen and oxygen atoms in total. The number of hydrogen-bond donors (Lipinski definition) is 1. The first kappa shape index (κ1) is 14.9. The highest BCUT2D eigenvalue weighted by molar-refractivity contribution is 8.13. The third kappa shape index (κ3) is 3.52. The third-order valence-electron chi connectivity index (χ3n) is 2.53. The van der Waals surface area contributed by atoms with Gasteiger partial charge in [-0.15, -0.1) is 10.2 Å². The highest BCUT2D eigenvalue weighted by Crippen LogP contribution is 2.32. The second-order valence-corrected chi connectivity index (χ2v) is 4.67. The van der Waals surface area contributed by atoms with Gasteiger partial charge in [0.25, 0.3) is 0 Å². The Morgan fingerprint density at radius 2 is 2.29 bits per heavy atom. The molecule has 0 unspecified atom stereocenters. The van der Waals surface area contributed by atoms with Crippen molar-refractivity contribution in [2.75, 3.05) is 13.4 Å². The van der Waals surface area contributed by atoms with E-state index in [1.807, 2.05) is 12.4 Å². The van der Waals surface area contributed by atoms with Crippen molar-refractivity contribution in [2.24, 2.45) is 4.99 Å². The molecule has 108 valence electrons. The minimum Gasteiger partial charge on any atom is -0.494 e. The van der Waals surface area contributed by atoms with Crippen molar-refractivity contribution in [3.8, 4) is 23.4 Å². The van der Waals surface area contributed by atoms with Crippen molar-refractivity contribution in [3.05, 3.63) is 24.1 Å². The van der Waals surface area contributed by atoms with Crippen LogP contribution in [0.15, 0.2) is 27.6 Å². The summed E-state index contributed by atoms with van der Waals surface area (Å²) in [5, 5.41) is 19.4. The summed E-state index contributed by atoms with van der Waals surface area (Å²) in [6, 6.07) is 5.33. The van der Waals surface area contributed by atoms with Gasteiger partial charge in [0.1, 0.15) is 11.4 Å². The van der Waals surface area contributed by atoms with E-state index >= 15 is 0 Å². The number of ether oxygens (including phenoxy) is 1. The number of amidine groups is 1. The Morgan fingerprint density at radius 1 is 1.48 bits per heavy atom. The van der Waals surface area contributed by atoms with Crippen LogP contribution in [0.3, 0.4) is 0 Å². The SMILES string of the molecule is COc1ccc(-c2nnc(C)o2)cc1N=C(NC#N)SC. The number of hydrogen-bond acceptors (Lipinski definition) is 7. The topological polar surface area (TPSA) is 96.3 Å². The average molecular weight is 303 g/mol. The molecule has 0 fully saturated rings. The summed E-state index contributed by atoms with van der Waals surface area (Å²) in [7, 11) is 1.56. The van der Waals surface area contributed by atoms with Crippen LogP contribution in [0.4, 0.5) is 5.69 Å². The lowest BCUT2D eigenvalue weighted by molar-refractivity contribution is 0.416. The van der Waals surface area contributed by atoms with Crippen molar-refractivity contribution in [2.45, 2.75) is 6.92 Å². The van der Waals surface area contributed by atoms with Gasteiger partial charge in [0.2, 0.25) is 11.8 Å². The Bertz CT molecular complexity index is 705. The molecule has 0 atom stereocenters. The van der Waals surface area contributed by atoms with E-state index in [9.17, 15) is 0 Å². The van der Waals surface area contributed by atoms with Gasteiger partial charge in [0, 0.05) is 12.5 Å². The van der Waals surface area contributed by atoms with E-state index in [1.165, 1.54) is 11.8 Å². The molecule has 1 aromatic heterocycles. The van der Waals surface area contributed by atoms with E-state index in [0.717, 1.165) is 5.56 Å². The lowest BCUT2D eigenvalue weighted by atomic mass is 10.2. The predicted octanol–water partition coefficient (Wildman–Crippen LogP) is 2.47. The molecule has 1 heterocycles. The van der Waals surface area contributed by atoms with Crippen molar-refractivity contribution in [1.82, 2.24) is 15.5 Å². The highest BCUT2D eigenvalue weighted by atomic mass is 32.2. The molecule has 21 heavy (non-hydrogen) atoms. The van der Waals surface area contributed by atoms with Gasteiger partial charge in [0.05, 0.1) is 7.11 Å². The molecule has 0 saturated carbocycles. The number of thioether (sulfide) groups is 1. The molecule has 8 heteroatoms. The normalized spacial score (nSPS) is 11.0. The predicted molar refractivity (Wildman–Crippen MR) is 80.4 cm³/mol. The number of rotatable bonds is 3. The number of methoxy groups -OCH3 is 1. The second kappa shape index (κ2) is 6.76. The maximum atomic E-state index is 8.69. The molecule has 2 aromatic rings. The first-order chi connectivity index (χ1) is 10.2. The molecule has 1 N–H and O–H groups in total. The van der Waals surface area contributed by atoms with Crippen molar-refractivity contribution in [3.63, 3.8) is 0 Å². The summed E-state index contributed by atoms with van der Waals surface area (Å²) < 4.78 is 10.7. The molecule has 2 rings (SSSR count). The summed E-state index contributed by atoms with van der Waals surface area (Å²) in [4.78, 5) is 4.36. The number of nitrogens with zero attached hydrogens (tertiary/aromatic N) is 4. The molecule has 0 radical (unpaired) electrons. The van der Waals surface area contributed by atoms with E-state index < -0.39 is 0 Å². The largest absolute Gasteiger partial charge is 0.494 e. The van der Waals surface area contributed by atoms with Gasteiger partial charge in [-0.1, -0.05) is 11.8 Å². The molecule has 0 bridgehead atoms. The zero-order chi connectivity index (χ0) is 15.2. The Labute approximate surface area is 126 Å². The zero-order valence-electron chi connectivity index (χ0n) is 11.7. The number of aromatic nitrogens is 2. The Hall–Kier alpha value is -2.53. The molecule has 0 spiro atoms. The first-order valence-corrected chi connectivity index (χ1v) is 7.16. The highest BCUT2D eigenvalue weighted by Gasteiger charge is 2.11. The van der Waals surface area contributed by atoms with E-state index in [4.69, 9.17) is 14.4 Å². The molecule has 0 amide bonds. The van der Waals surface area contributed by atoms with Crippen molar-refractivity contribution in [1.29, 1.82) is 5.26 Å². The van der Waals surface area contributed by atoms with Gasteiger partial charge in [-0.3, -0.25) is 5.32 Å². The minimum absolute atomic E-state index is 0.408. The van der Waals surface area contributed by atoms with Crippen LogP contribution >= 0.6 is 11.8 Å². The summed E-state index contributed by atoms with van der Waals surface area (Å²) in [5.41, 5.74) is 1.30. The molecule has 1 aromatic carbocycles. The van der Waals surface area contributed by atoms with Crippen LogP contribution in [0.5, 0.6) is 5.75 Å². The van der Waals surface area contributed by atoms with Crippen LogP contribution in [0, 0.1) is 18.4 Å². The van der Waals surface area contributed by atoms with Crippen LogP contribution in [0.25, 0.3) is 11.5 Å². The van der Waals surface area contributed by atoms with Crippen LogP contribution in [-0.4, -0.2) is 28.7 Å². The number of aliphatic imine (C=N–C) groups is 1. The average Bonchev–Trinajstić information content (AvgIpc) is 2.93. The van der Waals surface area contributed by atoms with Crippen molar-refractivity contribution < 1.29 is 9.15 Å². The van der Waals surface area contributed by atoms with Crippen LogP contribution in [0.2, 0.25) is 0 Å². The molecular formula is C13H13N5O2S. The van der Waals surface area contributed by atoms with Gasteiger partial charge in [-0.05, 0) is 24.5 Å². The number of benzene rings is 1. The standard InChI is InChI=1S/C13H13N5O2S/c1-8-17-18-12(20-8)9-4-5-11(19-2)10(6-9)16-13(21-3)15-7-14/h4-6H,1-3H3,(H,15,16). The smallest absolute Gasteiger partial charge is 0.247 e. The van der Waals surface area contributed by atoms with Crippen molar-refractivity contribution >= 4 is 22.6 Å². The van der Waals surface area contributed by atoms with Crippen LogP contribution < -0.4 is 10.1 Å². The van der Waals surface area contributed by atoms with E-state index in [1.54, 1.807) is 32.2 Å². The summed E-state index contributed by atoms with van der Waals surface area (Å²) in [5.74, 6) is 1.48. The molecule has 0 aliphatic heterocycles. The number of aryl methyl sites for hydroxylation is 1. The second-order valence-electron chi connectivity index (χ2n) is 3.87. The van der Waals surface area contributed by atoms with Gasteiger partial charge in [-0.25, -0.2) is 4.99 Å². The molecular weight excluding hydrogens is 290 g/mol. The summed E-state index contributed by atoms with van der Waals surface area (Å²) in [6.07, 6.45) is 3.66. The third-order valence-corrected chi connectivity index (χ3v) is 3.11. The molecule has 0 aliphatic carbocycles. The fourth-order valence-electron chi connectivity index (χ4n) is 1.61. The zero-order valence-corrected chi connectivity index (χ0v) is 12.6. The van der Waals surface area contributed by atoms with Crippen LogP contribution in [0.1, 0.15) is 5.89 Å². The minimum atomic E-state index is 0.408. The number of nitrogens with one attached hydrogen (secondary N) is 1. The summed E-state index contributed by atoms with van der Waals surface area (Å²) in [6.45, 7) is 1.72. The Morgan fingerprint density at radius 3 is 2.86 bits per heavy atom. The molecule has 0 aliphatic rings. The van der Waals surface area contributed by atoms with E-state index in [-0.39, 0.29) is 0 Å². The van der Waals surface area contributed by atoms with Gasteiger partial charge in [-0.2, -0.15) is 5.26 Å². The maximum Gasteiger partial charge on any atom is 0.247 e. The lowest BCUT2D eigenvalue weighted by Gasteiger charge is -2.07. The first-order valence-electron chi connectivity index (χ1n) is 5.94. The van der Waals surface area contributed by atoms with Gasteiger partial charge < -0.3 is 9.15 Å². The fourth-order valence-corrected chi connectivity index (χ4v) is 1.94. The fraction of sp³-hybridized carbons (Fsp3) is 0.231. The van der Waals surface area contributed by atoms with E-state index in [0.29, 0.717) is 28.4 Å². The number of nitriles is 1.